The summed E-state index contributed by atoms with van der Waals surface area (Å²) in [5.41, 5.74) is 1.12. The SMILES string of the molecule is N#CCOc1cccc(NC(=O)c2ccc(C#N)cn2)c1. The molecule has 0 aliphatic rings. The number of pyridine rings is 1. The summed E-state index contributed by atoms with van der Waals surface area (Å²) >= 11 is 0. The molecule has 0 unspecified atom stereocenters. The second-order valence-corrected chi connectivity index (χ2v) is 3.97. The number of ether oxygens (including phenoxy) is 1. The van der Waals surface area contributed by atoms with Gasteiger partial charge in [-0.15, -0.1) is 0 Å². The molecule has 0 fully saturated rings. The lowest BCUT2D eigenvalue weighted by Crippen LogP contribution is -2.13. The van der Waals surface area contributed by atoms with Crippen LogP contribution in [0.4, 0.5) is 5.69 Å². The zero-order chi connectivity index (χ0) is 15.1. The average molecular weight is 278 g/mol. The topological polar surface area (TPSA) is 98.8 Å². The number of hydrogen-bond donors (Lipinski definition) is 1. The van der Waals surface area contributed by atoms with Gasteiger partial charge in [0.05, 0.1) is 5.56 Å². The van der Waals surface area contributed by atoms with E-state index in [0.717, 1.165) is 0 Å². The minimum atomic E-state index is -0.392. The van der Waals surface area contributed by atoms with Crippen molar-refractivity contribution >= 4 is 11.6 Å². The van der Waals surface area contributed by atoms with Crippen molar-refractivity contribution in [3.05, 3.63) is 53.9 Å². The van der Waals surface area contributed by atoms with Gasteiger partial charge in [0.1, 0.15) is 23.6 Å². The molecule has 0 bridgehead atoms. The zero-order valence-electron chi connectivity index (χ0n) is 10.9. The highest BCUT2D eigenvalue weighted by Gasteiger charge is 2.08. The fourth-order valence-corrected chi connectivity index (χ4v) is 1.57. The maximum atomic E-state index is 12.0. The van der Waals surface area contributed by atoms with E-state index < -0.39 is 5.91 Å². The van der Waals surface area contributed by atoms with E-state index in [1.54, 1.807) is 24.3 Å². The van der Waals surface area contributed by atoms with Crippen molar-refractivity contribution in [2.45, 2.75) is 0 Å². The highest BCUT2D eigenvalue weighted by Crippen LogP contribution is 2.17. The summed E-state index contributed by atoms with van der Waals surface area (Å²) in [5.74, 6) is 0.0964. The lowest BCUT2D eigenvalue weighted by Gasteiger charge is -2.07. The van der Waals surface area contributed by atoms with Gasteiger partial charge in [-0.3, -0.25) is 4.79 Å². The Balaban J connectivity index is 2.08. The van der Waals surface area contributed by atoms with Crippen LogP contribution in [0.3, 0.4) is 0 Å². The molecular weight excluding hydrogens is 268 g/mol. The molecule has 1 aromatic heterocycles. The summed E-state index contributed by atoms with van der Waals surface area (Å²) in [7, 11) is 0. The number of nitrogens with one attached hydrogen (secondary N) is 1. The van der Waals surface area contributed by atoms with Gasteiger partial charge in [0.15, 0.2) is 6.61 Å². The first-order valence-corrected chi connectivity index (χ1v) is 6.00. The fourth-order valence-electron chi connectivity index (χ4n) is 1.57. The van der Waals surface area contributed by atoms with E-state index in [2.05, 4.69) is 10.3 Å². The summed E-state index contributed by atoms with van der Waals surface area (Å²) in [6.45, 7) is -0.0609. The van der Waals surface area contributed by atoms with Gasteiger partial charge in [0.25, 0.3) is 5.91 Å². The summed E-state index contributed by atoms with van der Waals surface area (Å²) in [4.78, 5) is 15.9. The van der Waals surface area contributed by atoms with Crippen molar-refractivity contribution < 1.29 is 9.53 Å². The standard InChI is InChI=1S/C15H10N4O2/c16-6-7-21-13-3-1-2-12(8-13)19-15(20)14-5-4-11(9-17)10-18-14/h1-5,8,10H,7H2,(H,19,20). The molecule has 0 aliphatic heterocycles. The molecule has 6 heteroatoms. The summed E-state index contributed by atoms with van der Waals surface area (Å²) < 4.78 is 5.15. The Morgan fingerprint density at radius 1 is 1.29 bits per heavy atom. The molecule has 0 radical (unpaired) electrons. The Labute approximate surface area is 121 Å². The summed E-state index contributed by atoms with van der Waals surface area (Å²) in [6.07, 6.45) is 1.33. The van der Waals surface area contributed by atoms with Crippen LogP contribution in [0.2, 0.25) is 0 Å². The van der Waals surface area contributed by atoms with E-state index in [9.17, 15) is 4.79 Å². The highest BCUT2D eigenvalue weighted by molar-refractivity contribution is 6.02. The van der Waals surface area contributed by atoms with Gasteiger partial charge in [-0.2, -0.15) is 10.5 Å². The molecule has 1 N–H and O–H groups in total. The van der Waals surface area contributed by atoms with Gasteiger partial charge < -0.3 is 10.1 Å². The van der Waals surface area contributed by atoms with Crippen molar-refractivity contribution in [2.75, 3.05) is 11.9 Å². The van der Waals surface area contributed by atoms with E-state index in [1.807, 2.05) is 12.1 Å². The van der Waals surface area contributed by atoms with Crippen molar-refractivity contribution in [3.63, 3.8) is 0 Å². The third-order valence-electron chi connectivity index (χ3n) is 2.52. The van der Waals surface area contributed by atoms with E-state index >= 15 is 0 Å². The number of carbonyl (C=O) groups excluding carboxylic acids is 1. The van der Waals surface area contributed by atoms with Gasteiger partial charge in [0, 0.05) is 18.0 Å². The van der Waals surface area contributed by atoms with Crippen LogP contribution in [0.1, 0.15) is 16.1 Å². The summed E-state index contributed by atoms with van der Waals surface area (Å²) in [6, 6.07) is 13.5. The zero-order valence-corrected chi connectivity index (χ0v) is 10.9. The lowest BCUT2D eigenvalue weighted by atomic mass is 10.2. The van der Waals surface area contributed by atoms with Crippen LogP contribution in [0.25, 0.3) is 0 Å². The largest absolute Gasteiger partial charge is 0.479 e. The number of anilines is 1. The first-order valence-electron chi connectivity index (χ1n) is 6.00. The number of carbonyl (C=O) groups is 1. The quantitative estimate of drug-likeness (QED) is 0.923. The molecule has 2 aromatic rings. The van der Waals surface area contributed by atoms with Crippen LogP contribution in [-0.2, 0) is 0 Å². The minimum absolute atomic E-state index is 0.0609. The second-order valence-electron chi connectivity index (χ2n) is 3.97. The van der Waals surface area contributed by atoms with Crippen molar-refractivity contribution in [1.82, 2.24) is 4.98 Å². The van der Waals surface area contributed by atoms with Crippen LogP contribution >= 0.6 is 0 Å². The van der Waals surface area contributed by atoms with Crippen molar-refractivity contribution in [1.29, 1.82) is 10.5 Å². The molecule has 0 saturated carbocycles. The molecule has 0 saturated heterocycles. The van der Waals surface area contributed by atoms with E-state index in [0.29, 0.717) is 17.0 Å². The van der Waals surface area contributed by atoms with Crippen LogP contribution in [0.5, 0.6) is 5.75 Å². The summed E-state index contributed by atoms with van der Waals surface area (Å²) in [5, 5.41) is 19.8. The molecule has 0 atom stereocenters. The Kier molecular flexibility index (Phi) is 4.47. The number of hydrogen-bond acceptors (Lipinski definition) is 5. The molecule has 6 nitrogen and oxygen atoms in total. The third kappa shape index (κ3) is 3.79. The molecule has 1 aromatic carbocycles. The number of nitriles is 2. The lowest BCUT2D eigenvalue weighted by molar-refractivity contribution is 0.102. The fraction of sp³-hybridized carbons (Fsp3) is 0.0667. The number of rotatable bonds is 4. The van der Waals surface area contributed by atoms with Crippen molar-refractivity contribution in [3.8, 4) is 17.9 Å². The Morgan fingerprint density at radius 3 is 2.81 bits per heavy atom. The van der Waals surface area contributed by atoms with Gasteiger partial charge >= 0.3 is 0 Å². The Morgan fingerprint density at radius 2 is 2.14 bits per heavy atom. The monoisotopic (exact) mass is 278 g/mol. The van der Waals surface area contributed by atoms with Crippen LogP contribution in [0.15, 0.2) is 42.6 Å². The first kappa shape index (κ1) is 14.0. The van der Waals surface area contributed by atoms with E-state index in [1.165, 1.54) is 18.3 Å². The van der Waals surface area contributed by atoms with Crippen molar-refractivity contribution in [2.24, 2.45) is 0 Å². The van der Waals surface area contributed by atoms with Crippen LogP contribution < -0.4 is 10.1 Å². The van der Waals surface area contributed by atoms with E-state index in [-0.39, 0.29) is 12.3 Å². The molecule has 0 aliphatic carbocycles. The number of aromatic nitrogens is 1. The smallest absolute Gasteiger partial charge is 0.274 e. The maximum absolute atomic E-state index is 12.0. The molecule has 102 valence electrons. The van der Waals surface area contributed by atoms with E-state index in [4.69, 9.17) is 15.3 Å². The number of benzene rings is 1. The molecular formula is C15H10N4O2. The average Bonchev–Trinajstić information content (AvgIpc) is 2.53. The predicted octanol–water partition coefficient (Wildman–Crippen LogP) is 2.11. The van der Waals surface area contributed by atoms with Gasteiger partial charge in [0.2, 0.25) is 0 Å². The van der Waals surface area contributed by atoms with Gasteiger partial charge in [-0.1, -0.05) is 6.07 Å². The Hall–Kier alpha value is -3.38. The normalized spacial score (nSPS) is 9.24. The predicted molar refractivity (Wildman–Crippen MR) is 74.5 cm³/mol. The molecule has 21 heavy (non-hydrogen) atoms. The minimum Gasteiger partial charge on any atom is -0.479 e. The first-order chi connectivity index (χ1) is 10.2. The second kappa shape index (κ2) is 6.69. The third-order valence-corrected chi connectivity index (χ3v) is 2.52. The van der Waals surface area contributed by atoms with Gasteiger partial charge in [-0.05, 0) is 24.3 Å². The molecule has 1 heterocycles. The van der Waals surface area contributed by atoms with Crippen LogP contribution in [0, 0.1) is 22.7 Å². The molecule has 2 rings (SSSR count). The Bertz CT molecular complexity index is 727. The molecule has 0 spiro atoms. The number of nitrogens with zero attached hydrogens (tertiary/aromatic N) is 3. The van der Waals surface area contributed by atoms with Crippen LogP contribution in [-0.4, -0.2) is 17.5 Å². The molecule has 1 amide bonds. The highest BCUT2D eigenvalue weighted by atomic mass is 16.5. The van der Waals surface area contributed by atoms with Gasteiger partial charge in [-0.25, -0.2) is 4.98 Å². The maximum Gasteiger partial charge on any atom is 0.274 e. The number of amides is 1.